The number of rotatable bonds is 3. The van der Waals surface area contributed by atoms with E-state index in [0.29, 0.717) is 25.0 Å². The molecule has 6 rings (SSSR count). The molecule has 6 heteroatoms. The Bertz CT molecular complexity index is 798. The molecular formula is C23H29BrN2O3. The van der Waals surface area contributed by atoms with Crippen LogP contribution in [0.1, 0.15) is 56.2 Å². The molecule has 1 aliphatic heterocycles. The lowest BCUT2D eigenvalue weighted by Crippen LogP contribution is -2.58. The normalized spacial score (nSPS) is 34.6. The van der Waals surface area contributed by atoms with E-state index >= 15 is 0 Å². The highest BCUT2D eigenvalue weighted by Gasteiger charge is 2.49. The van der Waals surface area contributed by atoms with E-state index in [-0.39, 0.29) is 11.9 Å². The number of hydrogen-bond donors (Lipinski definition) is 1. The van der Waals surface area contributed by atoms with Crippen LogP contribution < -0.4 is 5.32 Å². The molecule has 4 fully saturated rings. The number of halogens is 1. The quantitative estimate of drug-likeness (QED) is 0.724. The summed E-state index contributed by atoms with van der Waals surface area (Å²) < 4.78 is 6.21. The van der Waals surface area contributed by atoms with Crippen molar-refractivity contribution in [2.45, 2.75) is 57.5 Å². The van der Waals surface area contributed by atoms with Crippen LogP contribution in [0.3, 0.4) is 0 Å². The number of carbonyl (C=O) groups is 2. The molecule has 0 spiro atoms. The Kier molecular flexibility index (Phi) is 5.09. The maximum absolute atomic E-state index is 13.6. The molecule has 0 saturated heterocycles. The lowest BCUT2D eigenvalue weighted by Gasteiger charge is -2.54. The Morgan fingerprint density at radius 2 is 1.83 bits per heavy atom. The van der Waals surface area contributed by atoms with Crippen molar-refractivity contribution >= 4 is 27.9 Å². The number of fused-ring (bicyclic) bond motifs is 1. The van der Waals surface area contributed by atoms with Gasteiger partial charge in [0.05, 0.1) is 6.61 Å². The number of carbonyl (C=O) groups excluding carboxylic acids is 2. The highest BCUT2D eigenvalue weighted by atomic mass is 79.9. The van der Waals surface area contributed by atoms with E-state index in [1.807, 2.05) is 12.1 Å². The second-order valence-corrected chi connectivity index (χ2v) is 10.3. The maximum atomic E-state index is 13.6. The average molecular weight is 461 g/mol. The van der Waals surface area contributed by atoms with E-state index < -0.39 is 12.1 Å². The molecule has 4 aliphatic carbocycles. The maximum Gasteiger partial charge on any atom is 0.410 e. The van der Waals surface area contributed by atoms with Crippen LogP contribution in [-0.2, 0) is 16.0 Å². The summed E-state index contributed by atoms with van der Waals surface area (Å²) in [6.45, 7) is 2.62. The monoisotopic (exact) mass is 460 g/mol. The van der Waals surface area contributed by atoms with Gasteiger partial charge in [-0.25, -0.2) is 4.79 Å². The summed E-state index contributed by atoms with van der Waals surface area (Å²) in [5.74, 6) is 2.91. The van der Waals surface area contributed by atoms with Crippen molar-refractivity contribution < 1.29 is 14.3 Å². The van der Waals surface area contributed by atoms with Crippen molar-refractivity contribution in [2.75, 3.05) is 13.2 Å². The molecule has 5 aliphatic rings. The summed E-state index contributed by atoms with van der Waals surface area (Å²) in [5.41, 5.74) is 2.05. The largest absolute Gasteiger partial charge is 0.450 e. The van der Waals surface area contributed by atoms with Gasteiger partial charge in [-0.15, -0.1) is 0 Å². The third kappa shape index (κ3) is 3.47. The molecule has 1 unspecified atom stereocenters. The number of hydrogen-bond acceptors (Lipinski definition) is 3. The van der Waals surface area contributed by atoms with Crippen LogP contribution in [0, 0.1) is 23.7 Å². The Morgan fingerprint density at radius 3 is 2.48 bits per heavy atom. The SMILES string of the molecule is CCOC(=O)N1CCc2ccc(Br)cc2C1C(=O)NC1C2CC3CC(C2)CC1C3. The lowest BCUT2D eigenvalue weighted by molar-refractivity contribution is -0.130. The minimum absolute atomic E-state index is 0.0467. The predicted molar refractivity (Wildman–Crippen MR) is 113 cm³/mol. The summed E-state index contributed by atoms with van der Waals surface area (Å²) in [4.78, 5) is 27.9. The molecule has 2 amide bonds. The summed E-state index contributed by atoms with van der Waals surface area (Å²) in [5, 5.41) is 3.42. The minimum atomic E-state index is -0.618. The predicted octanol–water partition coefficient (Wildman–Crippen LogP) is 4.45. The first kappa shape index (κ1) is 19.4. The lowest BCUT2D eigenvalue weighted by atomic mass is 9.54. The van der Waals surface area contributed by atoms with Gasteiger partial charge in [-0.1, -0.05) is 22.0 Å². The van der Waals surface area contributed by atoms with Crippen LogP contribution in [0.15, 0.2) is 22.7 Å². The van der Waals surface area contributed by atoms with Gasteiger partial charge in [-0.2, -0.15) is 0 Å². The van der Waals surface area contributed by atoms with E-state index in [4.69, 9.17) is 4.74 Å². The van der Waals surface area contributed by atoms with Crippen molar-refractivity contribution in [1.29, 1.82) is 0 Å². The fraction of sp³-hybridized carbons (Fsp3) is 0.652. The first-order valence-electron chi connectivity index (χ1n) is 11.1. The van der Waals surface area contributed by atoms with Gasteiger partial charge in [0.2, 0.25) is 5.91 Å². The van der Waals surface area contributed by atoms with E-state index in [0.717, 1.165) is 33.9 Å². The average Bonchev–Trinajstić information content (AvgIpc) is 2.69. The van der Waals surface area contributed by atoms with Crippen LogP contribution in [0.25, 0.3) is 0 Å². The molecular weight excluding hydrogens is 432 g/mol. The fourth-order valence-corrected chi connectivity index (χ4v) is 7.05. The van der Waals surface area contributed by atoms with Crippen molar-refractivity contribution in [3.63, 3.8) is 0 Å². The van der Waals surface area contributed by atoms with Crippen LogP contribution >= 0.6 is 15.9 Å². The Labute approximate surface area is 180 Å². The molecule has 4 saturated carbocycles. The first-order chi connectivity index (χ1) is 14.0. The van der Waals surface area contributed by atoms with Crippen molar-refractivity contribution in [2.24, 2.45) is 23.7 Å². The van der Waals surface area contributed by atoms with Gasteiger partial charge in [-0.3, -0.25) is 9.69 Å². The van der Waals surface area contributed by atoms with Crippen LogP contribution in [0.2, 0.25) is 0 Å². The molecule has 156 valence electrons. The highest BCUT2D eigenvalue weighted by molar-refractivity contribution is 9.10. The number of nitrogens with one attached hydrogen (secondary N) is 1. The van der Waals surface area contributed by atoms with Crippen LogP contribution in [0.4, 0.5) is 4.79 Å². The fourth-order valence-electron chi connectivity index (χ4n) is 6.68. The number of nitrogens with zero attached hydrogens (tertiary/aromatic N) is 1. The molecule has 1 aromatic rings. The van der Waals surface area contributed by atoms with Gasteiger partial charge in [0.1, 0.15) is 6.04 Å². The molecule has 1 N–H and O–H groups in total. The summed E-state index contributed by atoms with van der Waals surface area (Å²) in [7, 11) is 0. The minimum Gasteiger partial charge on any atom is -0.450 e. The summed E-state index contributed by atoms with van der Waals surface area (Å²) in [6.07, 6.45) is 6.76. The number of benzene rings is 1. The Morgan fingerprint density at radius 1 is 1.14 bits per heavy atom. The van der Waals surface area contributed by atoms with Crippen LogP contribution in [0.5, 0.6) is 0 Å². The number of amides is 2. The van der Waals surface area contributed by atoms with Gasteiger partial charge >= 0.3 is 6.09 Å². The third-order valence-corrected chi connectivity index (χ3v) is 8.12. The number of ether oxygens (including phenoxy) is 1. The van der Waals surface area contributed by atoms with Crippen molar-refractivity contribution in [3.05, 3.63) is 33.8 Å². The van der Waals surface area contributed by atoms with Gasteiger partial charge in [0, 0.05) is 17.1 Å². The molecule has 0 aromatic heterocycles. The van der Waals surface area contributed by atoms with Gasteiger partial charge in [0.15, 0.2) is 0 Å². The van der Waals surface area contributed by atoms with Gasteiger partial charge in [-0.05, 0) is 92.4 Å². The van der Waals surface area contributed by atoms with E-state index in [2.05, 4.69) is 27.3 Å². The third-order valence-electron chi connectivity index (χ3n) is 7.62. The zero-order valence-electron chi connectivity index (χ0n) is 16.9. The highest BCUT2D eigenvalue weighted by Crippen LogP contribution is 2.53. The van der Waals surface area contributed by atoms with Crippen molar-refractivity contribution in [1.82, 2.24) is 10.2 Å². The van der Waals surface area contributed by atoms with Gasteiger partial charge in [0.25, 0.3) is 0 Å². The van der Waals surface area contributed by atoms with E-state index in [9.17, 15) is 9.59 Å². The Balaban J connectivity index is 1.42. The van der Waals surface area contributed by atoms with Crippen molar-refractivity contribution in [3.8, 4) is 0 Å². The van der Waals surface area contributed by atoms with Crippen LogP contribution in [-0.4, -0.2) is 36.1 Å². The molecule has 4 bridgehead atoms. The molecule has 0 radical (unpaired) electrons. The Hall–Kier alpha value is -1.56. The zero-order valence-corrected chi connectivity index (χ0v) is 18.5. The van der Waals surface area contributed by atoms with E-state index in [1.54, 1.807) is 11.8 Å². The molecule has 5 nitrogen and oxygen atoms in total. The molecule has 29 heavy (non-hydrogen) atoms. The molecule has 1 heterocycles. The zero-order chi connectivity index (χ0) is 20.1. The topological polar surface area (TPSA) is 58.6 Å². The second kappa shape index (κ2) is 7.60. The van der Waals surface area contributed by atoms with Gasteiger partial charge < -0.3 is 10.1 Å². The molecule has 1 atom stereocenters. The summed E-state index contributed by atoms with van der Waals surface area (Å²) in [6, 6.07) is 5.70. The second-order valence-electron chi connectivity index (χ2n) is 9.35. The molecule has 1 aromatic carbocycles. The van der Waals surface area contributed by atoms with E-state index in [1.165, 1.54) is 32.1 Å². The smallest absolute Gasteiger partial charge is 0.410 e. The summed E-state index contributed by atoms with van der Waals surface area (Å²) >= 11 is 3.54. The first-order valence-corrected chi connectivity index (χ1v) is 11.8. The standard InChI is InChI=1S/C23H29BrN2O3/c1-2-29-23(28)26-6-5-15-3-4-18(24)12-19(15)21(26)22(27)25-20-16-8-13-7-14(10-16)11-17(20)9-13/h3-4,12-14,16-17,20-21H,2,5-11H2,1H3,(H,25,27).